The number of nitrogens with zero attached hydrogens (tertiary/aromatic N) is 1. The van der Waals surface area contributed by atoms with Gasteiger partial charge in [-0.15, -0.1) is 0 Å². The number of ether oxygens (including phenoxy) is 1. The molecule has 2 amide bonds. The molecule has 2 aromatic rings. The van der Waals surface area contributed by atoms with Crippen LogP contribution in [0.5, 0.6) is 11.5 Å². The van der Waals surface area contributed by atoms with Crippen LogP contribution in [-0.4, -0.2) is 34.0 Å². The fourth-order valence-electron chi connectivity index (χ4n) is 3.10. The van der Waals surface area contributed by atoms with Gasteiger partial charge in [0.2, 0.25) is 0 Å². The quantitative estimate of drug-likeness (QED) is 0.567. The fourth-order valence-corrected chi connectivity index (χ4v) is 3.90. The number of hydrogen-bond donors (Lipinski definition) is 2. The van der Waals surface area contributed by atoms with Crippen LogP contribution in [0, 0.1) is 0 Å². The second kappa shape index (κ2) is 8.25. The first-order chi connectivity index (χ1) is 12.6. The zero-order valence-electron chi connectivity index (χ0n) is 14.3. The van der Waals surface area contributed by atoms with Crippen LogP contribution >= 0.6 is 11.9 Å². The second-order valence-corrected chi connectivity index (χ2v) is 7.01. The van der Waals surface area contributed by atoms with Gasteiger partial charge in [0.15, 0.2) is 5.88 Å². The molecule has 0 spiro atoms. The van der Waals surface area contributed by atoms with E-state index >= 15 is 0 Å². The van der Waals surface area contributed by atoms with Crippen molar-refractivity contribution in [3.8, 4) is 11.5 Å². The molecule has 1 heterocycles. The Balaban J connectivity index is 1.67. The zero-order valence-corrected chi connectivity index (χ0v) is 15.1. The highest BCUT2D eigenvalue weighted by molar-refractivity contribution is 7.97. The van der Waals surface area contributed by atoms with Crippen molar-refractivity contribution in [1.82, 2.24) is 4.72 Å². The van der Waals surface area contributed by atoms with E-state index in [1.807, 2.05) is 54.6 Å². The van der Waals surface area contributed by atoms with Gasteiger partial charge in [-0.3, -0.25) is 4.72 Å². The van der Waals surface area contributed by atoms with Crippen molar-refractivity contribution in [3.05, 3.63) is 60.2 Å². The molecule has 7 heteroatoms. The number of carbonyl (C=O) groups excluding carboxylic acids is 1. The Morgan fingerprint density at radius 1 is 1.12 bits per heavy atom. The van der Waals surface area contributed by atoms with Gasteiger partial charge in [0.1, 0.15) is 18.0 Å². The number of amides is 2. The predicted molar refractivity (Wildman–Crippen MR) is 99.6 cm³/mol. The molecule has 0 aromatic heterocycles. The van der Waals surface area contributed by atoms with E-state index in [1.54, 1.807) is 0 Å². The van der Waals surface area contributed by atoms with Crippen LogP contribution in [0.3, 0.4) is 0 Å². The lowest BCUT2D eigenvalue weighted by Crippen LogP contribution is -2.48. The summed E-state index contributed by atoms with van der Waals surface area (Å²) in [6, 6.07) is 17.2. The van der Waals surface area contributed by atoms with E-state index in [0.717, 1.165) is 42.0 Å². The minimum atomic E-state index is -1.10. The third kappa shape index (κ3) is 4.56. The average molecular weight is 373 g/mol. The van der Waals surface area contributed by atoms with Crippen LogP contribution in [0.4, 0.5) is 4.79 Å². The average Bonchev–Trinajstić information content (AvgIpc) is 2.98. The van der Waals surface area contributed by atoms with Crippen molar-refractivity contribution in [3.63, 3.8) is 0 Å². The number of nitrogens with one attached hydrogen (secondary N) is 1. The summed E-state index contributed by atoms with van der Waals surface area (Å²) in [5.41, 5.74) is 1.02. The van der Waals surface area contributed by atoms with Gasteiger partial charge in [-0.2, -0.15) is 0 Å². The smallest absolute Gasteiger partial charge is 0.414 e. The summed E-state index contributed by atoms with van der Waals surface area (Å²) < 4.78 is 8.34. The summed E-state index contributed by atoms with van der Waals surface area (Å²) in [7, 11) is 0. The summed E-state index contributed by atoms with van der Waals surface area (Å²) in [5.74, 6) is 2.07. The number of quaternary nitrogens is 1. The van der Waals surface area contributed by atoms with Crippen LogP contribution in [0.25, 0.3) is 0 Å². The molecule has 2 N–H and O–H groups in total. The summed E-state index contributed by atoms with van der Waals surface area (Å²) in [5, 5.41) is 8.74. The highest BCUT2D eigenvalue weighted by Crippen LogP contribution is 2.28. The van der Waals surface area contributed by atoms with Crippen LogP contribution in [-0.2, 0) is 11.3 Å². The van der Waals surface area contributed by atoms with Gasteiger partial charge in [0, 0.05) is 23.9 Å². The molecule has 1 saturated heterocycles. The van der Waals surface area contributed by atoms with Gasteiger partial charge in [0.05, 0.1) is 13.0 Å². The maximum absolute atomic E-state index is 12.4. The number of likely N-dealkylation sites (tertiary alicyclic amines) is 1. The van der Waals surface area contributed by atoms with Crippen molar-refractivity contribution in [2.75, 3.05) is 12.4 Å². The van der Waals surface area contributed by atoms with Crippen LogP contribution in [0.2, 0.25) is 0 Å². The molecule has 0 bridgehead atoms. The van der Waals surface area contributed by atoms with Crippen molar-refractivity contribution in [2.24, 2.45) is 0 Å². The van der Waals surface area contributed by atoms with E-state index in [4.69, 9.17) is 9.84 Å². The first kappa shape index (κ1) is 18.3. The van der Waals surface area contributed by atoms with Crippen molar-refractivity contribution < 1.29 is 23.9 Å². The standard InChI is InChI=1S/C19H20N2O4S/c22-18-7-4-12-21(18,14-26-20-19(23)24)13-15-8-10-17(11-9-15)25-16-5-2-1-3-6-16/h1-3,5-6,8-11,20H,4,7,12-14H2/p+1. The minimum absolute atomic E-state index is 0.161. The SMILES string of the molecule is O=C(O)NSC[N+]1(Cc2ccc(Oc3ccccc3)cc2)CCCC1=O. The molecule has 26 heavy (non-hydrogen) atoms. The van der Waals surface area contributed by atoms with Gasteiger partial charge < -0.3 is 9.84 Å². The van der Waals surface area contributed by atoms with E-state index in [9.17, 15) is 9.59 Å². The molecule has 1 aliphatic heterocycles. The first-order valence-corrected chi connectivity index (χ1v) is 9.38. The number of rotatable bonds is 7. The molecule has 2 aromatic carbocycles. The van der Waals surface area contributed by atoms with E-state index in [0.29, 0.717) is 18.8 Å². The van der Waals surface area contributed by atoms with Crippen molar-refractivity contribution in [1.29, 1.82) is 0 Å². The molecule has 0 aliphatic carbocycles. The molecule has 6 nitrogen and oxygen atoms in total. The maximum Gasteiger partial charge on any atom is 0.414 e. The minimum Gasteiger partial charge on any atom is -0.464 e. The Hall–Kier alpha value is -2.51. The third-order valence-corrected chi connectivity index (χ3v) is 5.31. The summed E-state index contributed by atoms with van der Waals surface area (Å²) in [6.45, 7) is 1.29. The van der Waals surface area contributed by atoms with E-state index in [-0.39, 0.29) is 10.4 Å². The molecular formula is C19H21N2O4S+. The van der Waals surface area contributed by atoms with Crippen molar-refractivity contribution in [2.45, 2.75) is 19.4 Å². The maximum atomic E-state index is 12.4. The molecule has 0 radical (unpaired) electrons. The third-order valence-electron chi connectivity index (χ3n) is 4.36. The Kier molecular flexibility index (Phi) is 5.80. The summed E-state index contributed by atoms with van der Waals surface area (Å²) in [6.07, 6.45) is 0.284. The van der Waals surface area contributed by atoms with E-state index < -0.39 is 6.09 Å². The van der Waals surface area contributed by atoms with Crippen LogP contribution in [0.1, 0.15) is 18.4 Å². The Labute approximate surface area is 156 Å². The van der Waals surface area contributed by atoms with Crippen LogP contribution in [0.15, 0.2) is 54.6 Å². The first-order valence-electron chi connectivity index (χ1n) is 8.39. The molecular weight excluding hydrogens is 352 g/mol. The molecule has 3 rings (SSSR count). The lowest BCUT2D eigenvalue weighted by Gasteiger charge is -2.30. The largest absolute Gasteiger partial charge is 0.464 e. The highest BCUT2D eigenvalue weighted by atomic mass is 32.2. The molecule has 0 saturated carbocycles. The Bertz CT molecular complexity index is 767. The topological polar surface area (TPSA) is 75.6 Å². The molecule has 1 unspecified atom stereocenters. The van der Waals surface area contributed by atoms with Gasteiger partial charge in [-0.1, -0.05) is 18.2 Å². The van der Waals surface area contributed by atoms with E-state index in [2.05, 4.69) is 4.72 Å². The number of carbonyl (C=O) groups is 2. The Morgan fingerprint density at radius 3 is 2.42 bits per heavy atom. The fraction of sp³-hybridized carbons (Fsp3) is 0.263. The lowest BCUT2D eigenvalue weighted by atomic mass is 10.2. The van der Waals surface area contributed by atoms with Crippen LogP contribution < -0.4 is 9.46 Å². The number of benzene rings is 2. The van der Waals surface area contributed by atoms with E-state index in [1.165, 1.54) is 0 Å². The Morgan fingerprint density at radius 2 is 1.81 bits per heavy atom. The molecule has 1 aliphatic rings. The van der Waals surface area contributed by atoms with Gasteiger partial charge in [0.25, 0.3) is 0 Å². The second-order valence-electron chi connectivity index (χ2n) is 6.26. The van der Waals surface area contributed by atoms with Gasteiger partial charge in [-0.25, -0.2) is 14.1 Å². The summed E-state index contributed by atoms with van der Waals surface area (Å²) >= 11 is 1.06. The van der Waals surface area contributed by atoms with Gasteiger partial charge >= 0.3 is 12.0 Å². The zero-order chi connectivity index (χ0) is 18.4. The monoisotopic (exact) mass is 373 g/mol. The normalized spacial score (nSPS) is 19.3. The molecule has 1 fully saturated rings. The predicted octanol–water partition coefficient (Wildman–Crippen LogP) is 3.99. The highest BCUT2D eigenvalue weighted by Gasteiger charge is 2.41. The number of hydrogen-bond acceptors (Lipinski definition) is 4. The molecule has 136 valence electrons. The van der Waals surface area contributed by atoms with Crippen molar-refractivity contribution >= 4 is 23.9 Å². The molecule has 1 atom stereocenters. The lowest BCUT2D eigenvalue weighted by molar-refractivity contribution is -0.847. The number of carboxylic acid groups (broad SMARTS) is 1. The number of para-hydroxylation sites is 1. The van der Waals surface area contributed by atoms with Gasteiger partial charge in [-0.05, 0) is 36.4 Å². The summed E-state index contributed by atoms with van der Waals surface area (Å²) in [4.78, 5) is 23.1.